The van der Waals surface area contributed by atoms with Crippen molar-refractivity contribution in [3.8, 4) is 11.8 Å². The largest absolute Gasteiger partial charge is 0.490 e. The summed E-state index contributed by atoms with van der Waals surface area (Å²) in [6.45, 7) is 0.561. The summed E-state index contributed by atoms with van der Waals surface area (Å²) in [6, 6.07) is 6.10. The molecule has 2 rings (SSSR count). The fourth-order valence-electron chi connectivity index (χ4n) is 1.18. The lowest BCUT2D eigenvalue weighted by atomic mass is 10.2. The minimum absolute atomic E-state index is 0.191. The Morgan fingerprint density at radius 3 is 2.93 bits per heavy atom. The lowest BCUT2D eigenvalue weighted by Gasteiger charge is -2.05. The van der Waals surface area contributed by atoms with E-state index in [4.69, 9.17) is 10.00 Å². The predicted octanol–water partition coefficient (Wildman–Crippen LogP) is 2.49. The van der Waals surface area contributed by atoms with Crippen molar-refractivity contribution < 1.29 is 9.13 Å². The molecule has 1 aromatic carbocycles. The summed E-state index contributed by atoms with van der Waals surface area (Å²) in [5, 5.41) is 8.61. The van der Waals surface area contributed by atoms with E-state index in [1.807, 2.05) is 6.07 Å². The second-order valence-electron chi connectivity index (χ2n) is 3.51. The Kier molecular flexibility index (Phi) is 2.36. The SMILES string of the molecule is N#Cc1ccc(F)c(OCC2CC2)c1. The highest BCUT2D eigenvalue weighted by atomic mass is 19.1. The second kappa shape index (κ2) is 3.67. The lowest BCUT2D eigenvalue weighted by Crippen LogP contribution is -2.00. The van der Waals surface area contributed by atoms with E-state index in [1.165, 1.54) is 31.0 Å². The third-order valence-corrected chi connectivity index (χ3v) is 2.23. The molecule has 0 radical (unpaired) electrons. The van der Waals surface area contributed by atoms with E-state index in [0.29, 0.717) is 18.1 Å². The highest BCUT2D eigenvalue weighted by molar-refractivity contribution is 5.37. The van der Waals surface area contributed by atoms with Gasteiger partial charge >= 0.3 is 0 Å². The zero-order valence-electron chi connectivity index (χ0n) is 7.66. The molecule has 0 N–H and O–H groups in total. The summed E-state index contributed by atoms with van der Waals surface area (Å²) >= 11 is 0. The van der Waals surface area contributed by atoms with Crippen LogP contribution in [0.2, 0.25) is 0 Å². The first kappa shape index (κ1) is 9.01. The van der Waals surface area contributed by atoms with Gasteiger partial charge in [0, 0.05) is 6.07 Å². The van der Waals surface area contributed by atoms with Crippen molar-refractivity contribution in [2.24, 2.45) is 5.92 Å². The fraction of sp³-hybridized carbons (Fsp3) is 0.364. The molecule has 1 aliphatic carbocycles. The molecule has 3 heteroatoms. The number of nitriles is 1. The summed E-state index contributed by atoms with van der Waals surface area (Å²) < 4.78 is 18.4. The second-order valence-corrected chi connectivity index (χ2v) is 3.51. The molecule has 0 spiro atoms. The maximum absolute atomic E-state index is 13.1. The van der Waals surface area contributed by atoms with Crippen molar-refractivity contribution in [1.29, 1.82) is 5.26 Å². The number of halogens is 1. The van der Waals surface area contributed by atoms with Crippen molar-refractivity contribution in [3.05, 3.63) is 29.6 Å². The summed E-state index contributed by atoms with van der Waals surface area (Å²) in [5.74, 6) is 0.376. The molecule has 14 heavy (non-hydrogen) atoms. The zero-order valence-corrected chi connectivity index (χ0v) is 7.66. The summed E-state index contributed by atoms with van der Waals surface area (Å²) in [5.41, 5.74) is 0.428. The van der Waals surface area contributed by atoms with E-state index in [1.54, 1.807) is 0 Å². The Labute approximate surface area is 81.9 Å². The monoisotopic (exact) mass is 191 g/mol. The van der Waals surface area contributed by atoms with Crippen LogP contribution in [0.25, 0.3) is 0 Å². The van der Waals surface area contributed by atoms with Crippen LogP contribution in [0.5, 0.6) is 5.75 Å². The molecular weight excluding hydrogens is 181 g/mol. The maximum atomic E-state index is 13.1. The van der Waals surface area contributed by atoms with Crippen LogP contribution in [0, 0.1) is 23.1 Å². The Bertz CT molecular complexity index is 379. The summed E-state index contributed by atoms with van der Waals surface area (Å²) in [6.07, 6.45) is 2.33. The van der Waals surface area contributed by atoms with Crippen LogP contribution in [0.4, 0.5) is 4.39 Å². The smallest absolute Gasteiger partial charge is 0.165 e. The Morgan fingerprint density at radius 1 is 1.50 bits per heavy atom. The summed E-state index contributed by atoms with van der Waals surface area (Å²) in [4.78, 5) is 0. The average molecular weight is 191 g/mol. The van der Waals surface area contributed by atoms with E-state index in [-0.39, 0.29) is 5.75 Å². The van der Waals surface area contributed by atoms with Crippen molar-refractivity contribution in [2.45, 2.75) is 12.8 Å². The molecular formula is C11H10FNO. The summed E-state index contributed by atoms with van der Waals surface area (Å²) in [7, 11) is 0. The van der Waals surface area contributed by atoms with Gasteiger partial charge in [-0.1, -0.05) is 0 Å². The van der Waals surface area contributed by atoms with Gasteiger partial charge in [0.2, 0.25) is 0 Å². The number of rotatable bonds is 3. The van der Waals surface area contributed by atoms with Gasteiger partial charge in [0.05, 0.1) is 18.2 Å². The van der Waals surface area contributed by atoms with Gasteiger partial charge in [0.1, 0.15) is 0 Å². The molecule has 0 unspecified atom stereocenters. The predicted molar refractivity (Wildman–Crippen MR) is 49.3 cm³/mol. The molecule has 0 bridgehead atoms. The molecule has 1 aliphatic rings. The first-order valence-corrected chi connectivity index (χ1v) is 4.62. The Hall–Kier alpha value is -1.56. The van der Waals surface area contributed by atoms with Gasteiger partial charge in [-0.2, -0.15) is 5.26 Å². The molecule has 0 amide bonds. The van der Waals surface area contributed by atoms with E-state index in [2.05, 4.69) is 0 Å². The molecule has 0 atom stereocenters. The topological polar surface area (TPSA) is 33.0 Å². The van der Waals surface area contributed by atoms with Gasteiger partial charge in [-0.25, -0.2) is 4.39 Å². The Balaban J connectivity index is 2.09. The standard InChI is InChI=1S/C11H10FNO/c12-10-4-3-9(6-13)5-11(10)14-7-8-1-2-8/h3-5,8H,1-2,7H2. The molecule has 1 aromatic rings. The molecule has 1 saturated carbocycles. The van der Waals surface area contributed by atoms with E-state index >= 15 is 0 Å². The number of ether oxygens (including phenoxy) is 1. The molecule has 0 aromatic heterocycles. The number of hydrogen-bond acceptors (Lipinski definition) is 2. The highest BCUT2D eigenvalue weighted by Gasteiger charge is 2.22. The van der Waals surface area contributed by atoms with Crippen LogP contribution in [-0.4, -0.2) is 6.61 Å². The quantitative estimate of drug-likeness (QED) is 0.735. The highest BCUT2D eigenvalue weighted by Crippen LogP contribution is 2.30. The van der Waals surface area contributed by atoms with Gasteiger partial charge in [-0.05, 0) is 30.9 Å². The van der Waals surface area contributed by atoms with Gasteiger partial charge in [0.25, 0.3) is 0 Å². The first-order chi connectivity index (χ1) is 6.79. The van der Waals surface area contributed by atoms with Crippen LogP contribution >= 0.6 is 0 Å². The van der Waals surface area contributed by atoms with Gasteiger partial charge in [0.15, 0.2) is 11.6 Å². The molecule has 72 valence electrons. The normalized spacial score (nSPS) is 14.9. The van der Waals surface area contributed by atoms with Gasteiger partial charge in [-0.15, -0.1) is 0 Å². The minimum Gasteiger partial charge on any atom is -0.490 e. The van der Waals surface area contributed by atoms with Crippen molar-refractivity contribution >= 4 is 0 Å². The third kappa shape index (κ3) is 2.02. The zero-order chi connectivity index (χ0) is 9.97. The maximum Gasteiger partial charge on any atom is 0.165 e. The van der Waals surface area contributed by atoms with Crippen LogP contribution in [0.3, 0.4) is 0 Å². The van der Waals surface area contributed by atoms with Crippen LogP contribution in [0.1, 0.15) is 18.4 Å². The molecule has 2 nitrogen and oxygen atoms in total. The van der Waals surface area contributed by atoms with E-state index in [0.717, 1.165) is 0 Å². The van der Waals surface area contributed by atoms with E-state index in [9.17, 15) is 4.39 Å². The third-order valence-electron chi connectivity index (χ3n) is 2.23. The molecule has 0 saturated heterocycles. The van der Waals surface area contributed by atoms with Crippen molar-refractivity contribution in [2.75, 3.05) is 6.61 Å². The van der Waals surface area contributed by atoms with Gasteiger partial charge in [-0.3, -0.25) is 0 Å². The number of hydrogen-bond donors (Lipinski definition) is 0. The minimum atomic E-state index is -0.398. The lowest BCUT2D eigenvalue weighted by molar-refractivity contribution is 0.285. The van der Waals surface area contributed by atoms with Gasteiger partial charge < -0.3 is 4.74 Å². The first-order valence-electron chi connectivity index (χ1n) is 4.62. The molecule has 1 fully saturated rings. The molecule has 0 heterocycles. The van der Waals surface area contributed by atoms with Crippen LogP contribution in [0.15, 0.2) is 18.2 Å². The number of nitrogens with zero attached hydrogens (tertiary/aromatic N) is 1. The Morgan fingerprint density at radius 2 is 2.29 bits per heavy atom. The molecule has 0 aliphatic heterocycles. The van der Waals surface area contributed by atoms with Crippen LogP contribution in [-0.2, 0) is 0 Å². The van der Waals surface area contributed by atoms with Crippen molar-refractivity contribution in [1.82, 2.24) is 0 Å². The van der Waals surface area contributed by atoms with E-state index < -0.39 is 5.82 Å². The fourth-order valence-corrected chi connectivity index (χ4v) is 1.18. The van der Waals surface area contributed by atoms with Crippen molar-refractivity contribution in [3.63, 3.8) is 0 Å². The van der Waals surface area contributed by atoms with Crippen LogP contribution < -0.4 is 4.74 Å². The average Bonchev–Trinajstić information content (AvgIpc) is 3.00. The number of benzene rings is 1.